The smallest absolute Gasteiger partial charge is 0.300 e. The van der Waals surface area contributed by atoms with Gasteiger partial charge in [-0.15, -0.1) is 12.2 Å². The Morgan fingerprint density at radius 2 is 1.32 bits per heavy atom. The normalized spacial score (nSPS) is 18.7. The Morgan fingerprint density at radius 3 is 1.95 bits per heavy atom. The first-order valence-electron chi connectivity index (χ1n) is 13.3. The van der Waals surface area contributed by atoms with E-state index >= 15 is 0 Å². The monoisotopic (exact) mass is 588 g/mol. The SMILES string of the molecule is O=C(C#Cc1ccccc1)Nc1cc(O)cc(O)c1C1C([O-])C(c2c(O)cc(O)cc2N=COC#Cc2ccccc2)C1[O-]. The van der Waals surface area contributed by atoms with Gasteiger partial charge in [0.15, 0.2) is 6.40 Å². The lowest BCUT2D eigenvalue weighted by atomic mass is 9.62. The van der Waals surface area contributed by atoms with Crippen molar-refractivity contribution in [1.29, 1.82) is 0 Å². The van der Waals surface area contributed by atoms with Gasteiger partial charge in [0.2, 0.25) is 0 Å². The van der Waals surface area contributed by atoms with E-state index in [4.69, 9.17) is 4.74 Å². The fraction of sp³-hybridized carbons (Fsp3) is 0.118. The number of nitrogens with one attached hydrogen (secondary N) is 1. The second kappa shape index (κ2) is 12.9. The van der Waals surface area contributed by atoms with Crippen molar-refractivity contribution in [2.75, 3.05) is 5.32 Å². The quantitative estimate of drug-likeness (QED) is 0.134. The molecule has 2 unspecified atom stereocenters. The van der Waals surface area contributed by atoms with Crippen molar-refractivity contribution in [3.8, 4) is 46.9 Å². The maximum absolute atomic E-state index is 13.6. The summed E-state index contributed by atoms with van der Waals surface area (Å²) in [5.74, 6) is 2.41. The van der Waals surface area contributed by atoms with Crippen LogP contribution in [0.2, 0.25) is 0 Å². The third-order valence-corrected chi connectivity index (χ3v) is 6.96. The third-order valence-electron chi connectivity index (χ3n) is 6.96. The molecule has 0 radical (unpaired) electrons. The number of carbonyl (C=O) groups excluding carboxylic acids is 1. The number of phenolic OH excluding ortho intramolecular Hbond substituents is 4. The van der Waals surface area contributed by atoms with Gasteiger partial charge in [-0.1, -0.05) is 42.3 Å². The minimum Gasteiger partial charge on any atom is -0.851 e. The Labute approximate surface area is 252 Å². The molecule has 2 atom stereocenters. The van der Waals surface area contributed by atoms with Gasteiger partial charge in [0.05, 0.1) is 11.4 Å². The van der Waals surface area contributed by atoms with E-state index in [2.05, 4.69) is 34.2 Å². The van der Waals surface area contributed by atoms with Crippen LogP contribution in [0.5, 0.6) is 23.0 Å². The van der Waals surface area contributed by atoms with Crippen molar-refractivity contribution >= 4 is 23.7 Å². The van der Waals surface area contributed by atoms with E-state index < -0.39 is 47.2 Å². The number of amides is 1. The molecule has 10 nitrogen and oxygen atoms in total. The van der Waals surface area contributed by atoms with Crippen molar-refractivity contribution in [3.63, 3.8) is 0 Å². The molecule has 1 saturated carbocycles. The number of ether oxygens (including phenoxy) is 1. The molecule has 4 aromatic carbocycles. The van der Waals surface area contributed by atoms with E-state index in [-0.39, 0.29) is 28.3 Å². The summed E-state index contributed by atoms with van der Waals surface area (Å²) in [4.78, 5) is 16.6. The van der Waals surface area contributed by atoms with Crippen LogP contribution in [0.4, 0.5) is 11.4 Å². The lowest BCUT2D eigenvalue weighted by Gasteiger charge is -2.62. The van der Waals surface area contributed by atoms with Crippen LogP contribution in [0.25, 0.3) is 0 Å². The van der Waals surface area contributed by atoms with Gasteiger partial charge in [0, 0.05) is 52.4 Å². The number of anilines is 1. The Bertz CT molecular complexity index is 1830. The lowest BCUT2D eigenvalue weighted by Crippen LogP contribution is -2.63. The molecule has 0 bridgehead atoms. The maximum atomic E-state index is 13.6. The minimum absolute atomic E-state index is 0.0891. The van der Waals surface area contributed by atoms with Crippen molar-refractivity contribution in [3.05, 3.63) is 107 Å². The number of aromatic hydroxyl groups is 4. The van der Waals surface area contributed by atoms with E-state index in [1.165, 1.54) is 0 Å². The number of carbonyl (C=O) groups is 1. The predicted octanol–water partition coefficient (Wildman–Crippen LogP) is 2.52. The van der Waals surface area contributed by atoms with Crippen molar-refractivity contribution in [2.24, 2.45) is 4.99 Å². The van der Waals surface area contributed by atoms with Crippen molar-refractivity contribution in [1.82, 2.24) is 0 Å². The van der Waals surface area contributed by atoms with Gasteiger partial charge in [0.1, 0.15) is 29.1 Å². The van der Waals surface area contributed by atoms with Gasteiger partial charge < -0.3 is 40.7 Å². The summed E-state index contributed by atoms with van der Waals surface area (Å²) in [5.41, 5.74) is 0.733. The van der Waals surface area contributed by atoms with E-state index in [1.807, 2.05) is 6.07 Å². The largest absolute Gasteiger partial charge is 0.851 e. The Balaban J connectivity index is 1.40. The second-order valence-corrected chi connectivity index (χ2v) is 9.82. The van der Waals surface area contributed by atoms with Crippen LogP contribution in [0.1, 0.15) is 34.1 Å². The summed E-state index contributed by atoms with van der Waals surface area (Å²) in [6.45, 7) is 0. The van der Waals surface area contributed by atoms with E-state index in [0.29, 0.717) is 11.1 Å². The highest BCUT2D eigenvalue weighted by Crippen LogP contribution is 2.54. The third kappa shape index (κ3) is 6.42. The van der Waals surface area contributed by atoms with Gasteiger partial charge in [-0.2, -0.15) is 0 Å². The minimum atomic E-state index is -1.72. The van der Waals surface area contributed by atoms with Gasteiger partial charge in [-0.05, 0) is 42.0 Å². The average molecular weight is 589 g/mol. The summed E-state index contributed by atoms with van der Waals surface area (Å²) in [6, 6.07) is 21.9. The summed E-state index contributed by atoms with van der Waals surface area (Å²) in [6.07, 6.45) is -0.0620. The number of benzene rings is 4. The molecule has 220 valence electrons. The Hall–Kier alpha value is -5.94. The molecule has 1 amide bonds. The van der Waals surface area contributed by atoms with Crippen LogP contribution in [0.3, 0.4) is 0 Å². The zero-order valence-corrected chi connectivity index (χ0v) is 22.8. The summed E-state index contributed by atoms with van der Waals surface area (Å²) in [7, 11) is 0. The van der Waals surface area contributed by atoms with Crippen molar-refractivity contribution < 1.29 is 40.2 Å². The lowest BCUT2D eigenvalue weighted by molar-refractivity contribution is -0.536. The van der Waals surface area contributed by atoms with Crippen LogP contribution >= 0.6 is 0 Å². The molecular formula is C34H24N2O8-2. The highest BCUT2D eigenvalue weighted by Gasteiger charge is 2.43. The van der Waals surface area contributed by atoms with Crippen LogP contribution in [0.15, 0.2) is 89.9 Å². The van der Waals surface area contributed by atoms with Crippen LogP contribution < -0.4 is 15.5 Å². The topological polar surface area (TPSA) is 178 Å². The molecule has 5 rings (SSSR count). The molecule has 4 aromatic rings. The average Bonchev–Trinajstić information content (AvgIpc) is 3.00. The first kappa shape index (κ1) is 29.5. The first-order valence-corrected chi connectivity index (χ1v) is 13.3. The number of aliphatic imine (C=N–C) groups is 1. The molecular weight excluding hydrogens is 564 g/mol. The standard InChI is InChI=1S/C34H24N2O8/c37-22-15-24(35-19-44-14-13-21-9-5-2-6-10-21)29(26(39)17-22)31-33(42)32(34(31)43)30-25(16-23(38)18-27(30)40)36-28(41)12-11-20-7-3-1-4-8-20/h1-10,15-19,31-34,37-40H,(H,36,41)/q-2. The predicted molar refractivity (Wildman–Crippen MR) is 157 cm³/mol. The molecule has 44 heavy (non-hydrogen) atoms. The molecule has 5 N–H and O–H groups in total. The fourth-order valence-corrected chi connectivity index (χ4v) is 4.99. The maximum Gasteiger partial charge on any atom is 0.300 e. The number of hydrogen-bond donors (Lipinski definition) is 5. The second-order valence-electron chi connectivity index (χ2n) is 9.82. The molecule has 0 spiro atoms. The highest BCUT2D eigenvalue weighted by molar-refractivity contribution is 6.05. The molecule has 10 heteroatoms. The zero-order valence-electron chi connectivity index (χ0n) is 22.8. The Kier molecular flexibility index (Phi) is 8.68. The first-order chi connectivity index (χ1) is 21.2. The van der Waals surface area contributed by atoms with Crippen LogP contribution in [-0.2, 0) is 9.53 Å². The fourth-order valence-electron chi connectivity index (χ4n) is 4.99. The molecule has 0 heterocycles. The summed E-state index contributed by atoms with van der Waals surface area (Å²) >= 11 is 0. The van der Waals surface area contributed by atoms with E-state index in [1.54, 1.807) is 54.6 Å². The Morgan fingerprint density at radius 1 is 0.773 bits per heavy atom. The van der Waals surface area contributed by atoms with Gasteiger partial charge in [-0.3, -0.25) is 4.79 Å². The summed E-state index contributed by atoms with van der Waals surface area (Å²) < 4.78 is 5.10. The molecule has 1 fully saturated rings. The number of nitrogens with zero attached hydrogens (tertiary/aromatic N) is 1. The van der Waals surface area contributed by atoms with E-state index in [9.17, 15) is 35.4 Å². The molecule has 1 aliphatic rings. The van der Waals surface area contributed by atoms with Gasteiger partial charge >= 0.3 is 5.91 Å². The molecule has 0 aromatic heterocycles. The highest BCUT2D eigenvalue weighted by atomic mass is 16.5. The zero-order chi connectivity index (χ0) is 31.2. The summed E-state index contributed by atoms with van der Waals surface area (Å²) in [5, 5.41) is 71.0. The van der Waals surface area contributed by atoms with Crippen LogP contribution in [-0.4, -0.2) is 44.9 Å². The van der Waals surface area contributed by atoms with Crippen LogP contribution in [0, 0.1) is 23.9 Å². The van der Waals surface area contributed by atoms with Gasteiger partial charge in [-0.25, -0.2) is 4.99 Å². The number of rotatable bonds is 5. The van der Waals surface area contributed by atoms with E-state index in [0.717, 1.165) is 30.7 Å². The number of phenols is 4. The molecule has 0 aliphatic heterocycles. The van der Waals surface area contributed by atoms with Crippen molar-refractivity contribution in [2.45, 2.75) is 24.0 Å². The van der Waals surface area contributed by atoms with Gasteiger partial charge in [0.25, 0.3) is 0 Å². The molecule has 0 saturated heterocycles. The molecule has 1 aliphatic carbocycles. The number of hydrogen-bond acceptors (Lipinski definition) is 9.